The first kappa shape index (κ1) is 22.9. The smallest absolute Gasteiger partial charge is 0.280 e. The Hall–Kier alpha value is -4.31. The van der Waals surface area contributed by atoms with Crippen LogP contribution < -0.4 is 15.6 Å². The van der Waals surface area contributed by atoms with Gasteiger partial charge in [-0.3, -0.25) is 25.2 Å². The number of nitrogens with one attached hydrogen (secondary N) is 3. The number of fused-ring (bicyclic) bond motifs is 1. The van der Waals surface area contributed by atoms with Crippen LogP contribution in [-0.4, -0.2) is 25.2 Å². The number of sulfonamides is 1. The van der Waals surface area contributed by atoms with Crippen LogP contribution in [0.25, 0.3) is 10.9 Å². The maximum Gasteiger partial charge on any atom is 0.288 e. The number of carbonyl (C=O) groups excluding carboxylic acids is 2. The van der Waals surface area contributed by atoms with Gasteiger partial charge in [0.2, 0.25) is 0 Å². The highest BCUT2D eigenvalue weighted by atomic mass is 32.2. The second kappa shape index (κ2) is 9.28. The van der Waals surface area contributed by atoms with Crippen LogP contribution in [-0.2, 0) is 10.0 Å². The molecular formula is C24H19FN4O4S. The first-order valence-corrected chi connectivity index (χ1v) is 11.6. The van der Waals surface area contributed by atoms with Crippen LogP contribution in [0.5, 0.6) is 0 Å². The first-order chi connectivity index (χ1) is 16.2. The van der Waals surface area contributed by atoms with E-state index < -0.39 is 27.7 Å². The molecule has 3 aromatic carbocycles. The average Bonchev–Trinajstić information content (AvgIpc) is 2.83. The summed E-state index contributed by atoms with van der Waals surface area (Å²) in [6.45, 7) is 1.63. The van der Waals surface area contributed by atoms with Crippen molar-refractivity contribution in [2.75, 3.05) is 4.72 Å². The molecule has 0 atom stereocenters. The number of hydrogen-bond donors (Lipinski definition) is 3. The Balaban J connectivity index is 1.48. The van der Waals surface area contributed by atoms with Crippen molar-refractivity contribution in [3.05, 3.63) is 102 Å². The van der Waals surface area contributed by atoms with E-state index in [4.69, 9.17) is 0 Å². The van der Waals surface area contributed by atoms with Gasteiger partial charge < -0.3 is 0 Å². The standard InChI is InChI=1S/C24H19FN4O4S/c1-15-6-12-19(34(32,33)29-18-10-8-17(25)9-11-18)14-20(15)23(30)27-28-24(31)22-13-7-16-4-2-3-5-21(16)26-22/h2-14,29H,1H3,(H,27,30)(H,28,31). The monoisotopic (exact) mass is 478 g/mol. The van der Waals surface area contributed by atoms with Crippen molar-refractivity contribution in [3.63, 3.8) is 0 Å². The summed E-state index contributed by atoms with van der Waals surface area (Å²) in [5.74, 6) is -1.83. The molecule has 4 rings (SSSR count). The number of rotatable bonds is 5. The van der Waals surface area contributed by atoms with Crippen molar-refractivity contribution in [2.24, 2.45) is 0 Å². The molecule has 2 amide bonds. The van der Waals surface area contributed by atoms with Gasteiger partial charge in [-0.25, -0.2) is 17.8 Å². The van der Waals surface area contributed by atoms with Gasteiger partial charge in [0.15, 0.2) is 0 Å². The average molecular weight is 479 g/mol. The lowest BCUT2D eigenvalue weighted by molar-refractivity contribution is 0.0843. The fourth-order valence-corrected chi connectivity index (χ4v) is 4.27. The number of aromatic nitrogens is 1. The molecule has 0 saturated heterocycles. The molecule has 8 nitrogen and oxygen atoms in total. The third kappa shape index (κ3) is 5.02. The Morgan fingerprint density at radius 1 is 0.853 bits per heavy atom. The highest BCUT2D eigenvalue weighted by Gasteiger charge is 2.19. The minimum atomic E-state index is -4.04. The van der Waals surface area contributed by atoms with Gasteiger partial charge in [0.1, 0.15) is 11.5 Å². The molecule has 1 heterocycles. The molecule has 10 heteroatoms. The van der Waals surface area contributed by atoms with E-state index in [1.54, 1.807) is 25.1 Å². The lowest BCUT2D eigenvalue weighted by Gasteiger charge is -2.12. The Labute approximate surface area is 194 Å². The summed E-state index contributed by atoms with van der Waals surface area (Å²) >= 11 is 0. The quantitative estimate of drug-likeness (QED) is 0.379. The van der Waals surface area contributed by atoms with E-state index in [9.17, 15) is 22.4 Å². The van der Waals surface area contributed by atoms with Gasteiger partial charge in [0.25, 0.3) is 21.8 Å². The number of amides is 2. The van der Waals surface area contributed by atoms with E-state index >= 15 is 0 Å². The molecule has 0 saturated carbocycles. The molecular weight excluding hydrogens is 459 g/mol. The van der Waals surface area contributed by atoms with Crippen molar-refractivity contribution < 1.29 is 22.4 Å². The van der Waals surface area contributed by atoms with Crippen molar-refractivity contribution in [3.8, 4) is 0 Å². The highest BCUT2D eigenvalue weighted by molar-refractivity contribution is 7.92. The molecule has 0 spiro atoms. The zero-order chi connectivity index (χ0) is 24.3. The summed E-state index contributed by atoms with van der Waals surface area (Å²) in [5.41, 5.74) is 6.03. The van der Waals surface area contributed by atoms with Gasteiger partial charge in [-0.15, -0.1) is 0 Å². The Morgan fingerprint density at radius 2 is 1.56 bits per heavy atom. The summed E-state index contributed by atoms with van der Waals surface area (Å²) in [7, 11) is -4.04. The predicted octanol–water partition coefficient (Wildman–Crippen LogP) is 3.56. The molecule has 34 heavy (non-hydrogen) atoms. The zero-order valence-electron chi connectivity index (χ0n) is 17.9. The normalized spacial score (nSPS) is 11.1. The third-order valence-corrected chi connectivity index (χ3v) is 6.36. The Morgan fingerprint density at radius 3 is 2.32 bits per heavy atom. The number of aryl methyl sites for hydroxylation is 1. The van der Waals surface area contributed by atoms with Gasteiger partial charge in [-0.1, -0.05) is 30.3 Å². The molecule has 0 fully saturated rings. The maximum absolute atomic E-state index is 13.1. The number of hydrogen-bond acceptors (Lipinski definition) is 5. The van der Waals surface area contributed by atoms with E-state index in [-0.39, 0.29) is 21.8 Å². The minimum Gasteiger partial charge on any atom is -0.280 e. The van der Waals surface area contributed by atoms with Gasteiger partial charge in [-0.05, 0) is 61.0 Å². The molecule has 0 bridgehead atoms. The van der Waals surface area contributed by atoms with Crippen LogP contribution in [0.1, 0.15) is 26.4 Å². The van der Waals surface area contributed by atoms with E-state index in [0.29, 0.717) is 11.1 Å². The number of nitrogens with zero attached hydrogens (tertiary/aromatic N) is 1. The van der Waals surface area contributed by atoms with Gasteiger partial charge >= 0.3 is 0 Å². The third-order valence-electron chi connectivity index (χ3n) is 4.98. The van der Waals surface area contributed by atoms with Crippen molar-refractivity contribution in [1.29, 1.82) is 0 Å². The van der Waals surface area contributed by atoms with Crippen LogP contribution in [0, 0.1) is 12.7 Å². The predicted molar refractivity (Wildman–Crippen MR) is 125 cm³/mol. The van der Waals surface area contributed by atoms with Crippen molar-refractivity contribution in [1.82, 2.24) is 15.8 Å². The SMILES string of the molecule is Cc1ccc(S(=O)(=O)Nc2ccc(F)cc2)cc1C(=O)NNC(=O)c1ccc2ccccc2n1. The number of para-hydroxylation sites is 1. The fourth-order valence-electron chi connectivity index (χ4n) is 3.18. The number of hydrazine groups is 1. The number of carbonyl (C=O) groups is 2. The lowest BCUT2D eigenvalue weighted by Crippen LogP contribution is -2.42. The molecule has 0 aliphatic heterocycles. The minimum absolute atomic E-state index is 0.0498. The van der Waals surface area contributed by atoms with E-state index in [0.717, 1.165) is 17.5 Å². The van der Waals surface area contributed by atoms with Gasteiger partial charge in [-0.2, -0.15) is 0 Å². The zero-order valence-corrected chi connectivity index (χ0v) is 18.7. The molecule has 172 valence electrons. The van der Waals surface area contributed by atoms with Crippen molar-refractivity contribution in [2.45, 2.75) is 11.8 Å². The lowest BCUT2D eigenvalue weighted by atomic mass is 10.1. The summed E-state index contributed by atoms with van der Waals surface area (Å²) in [5, 5.41) is 0.867. The highest BCUT2D eigenvalue weighted by Crippen LogP contribution is 2.20. The molecule has 0 radical (unpaired) electrons. The largest absolute Gasteiger partial charge is 0.288 e. The molecule has 4 aromatic rings. The summed E-state index contributed by atoms with van der Waals surface area (Å²) < 4.78 is 40.8. The second-order valence-electron chi connectivity index (χ2n) is 7.39. The fraction of sp³-hybridized carbons (Fsp3) is 0.0417. The molecule has 1 aromatic heterocycles. The van der Waals surface area contributed by atoms with Gasteiger partial charge in [0.05, 0.1) is 10.4 Å². The summed E-state index contributed by atoms with van der Waals surface area (Å²) in [4.78, 5) is 29.2. The van der Waals surface area contributed by atoms with E-state index in [1.165, 1.54) is 36.4 Å². The van der Waals surface area contributed by atoms with Crippen LogP contribution in [0.4, 0.5) is 10.1 Å². The Bertz CT molecular complexity index is 1510. The maximum atomic E-state index is 13.1. The van der Waals surface area contributed by atoms with E-state index in [1.807, 2.05) is 12.1 Å². The number of halogens is 1. The molecule has 0 aliphatic rings. The molecule has 0 aliphatic carbocycles. The number of pyridine rings is 1. The molecule has 3 N–H and O–H groups in total. The van der Waals surface area contributed by atoms with Crippen LogP contribution in [0.2, 0.25) is 0 Å². The van der Waals surface area contributed by atoms with Crippen LogP contribution >= 0.6 is 0 Å². The second-order valence-corrected chi connectivity index (χ2v) is 9.07. The van der Waals surface area contributed by atoms with Crippen LogP contribution in [0.3, 0.4) is 0 Å². The summed E-state index contributed by atoms with van der Waals surface area (Å²) in [6, 6.07) is 19.4. The van der Waals surface area contributed by atoms with Crippen molar-refractivity contribution >= 4 is 38.4 Å². The first-order valence-electron chi connectivity index (χ1n) is 10.1. The van der Waals surface area contributed by atoms with Crippen LogP contribution in [0.15, 0.2) is 83.8 Å². The number of benzene rings is 3. The Kier molecular flexibility index (Phi) is 6.24. The van der Waals surface area contributed by atoms with Gasteiger partial charge in [0, 0.05) is 16.6 Å². The topological polar surface area (TPSA) is 117 Å². The van der Waals surface area contributed by atoms with E-state index in [2.05, 4.69) is 20.6 Å². The molecule has 0 unspecified atom stereocenters. The summed E-state index contributed by atoms with van der Waals surface area (Å²) in [6.07, 6.45) is 0. The number of anilines is 1.